The van der Waals surface area contributed by atoms with E-state index in [1.54, 1.807) is 25.1 Å². The van der Waals surface area contributed by atoms with Crippen LogP contribution in [-0.4, -0.2) is 66.3 Å². The molecule has 5 nitrogen and oxygen atoms in total. The van der Waals surface area contributed by atoms with E-state index < -0.39 is 0 Å². The van der Waals surface area contributed by atoms with Gasteiger partial charge in [0, 0.05) is 44.8 Å². The van der Waals surface area contributed by atoms with E-state index in [0.717, 1.165) is 18.4 Å². The molecule has 2 atom stereocenters. The molecule has 25 heavy (non-hydrogen) atoms. The van der Waals surface area contributed by atoms with Crippen molar-refractivity contribution in [3.05, 3.63) is 34.6 Å². The highest BCUT2D eigenvalue weighted by molar-refractivity contribution is 6.31. The first-order valence-corrected chi connectivity index (χ1v) is 8.90. The predicted molar refractivity (Wildman–Crippen MR) is 93.6 cm³/mol. The Kier molecular flexibility index (Phi) is 5.29. The molecule has 136 valence electrons. The zero-order valence-corrected chi connectivity index (χ0v) is 15.3. The van der Waals surface area contributed by atoms with Crippen LogP contribution in [0.1, 0.15) is 18.4 Å². The lowest BCUT2D eigenvalue weighted by Gasteiger charge is -2.36. The van der Waals surface area contributed by atoms with Gasteiger partial charge >= 0.3 is 0 Å². The van der Waals surface area contributed by atoms with Crippen LogP contribution in [0, 0.1) is 11.7 Å². The highest BCUT2D eigenvalue weighted by Gasteiger charge is 2.41. The van der Waals surface area contributed by atoms with Crippen LogP contribution in [0.25, 0.3) is 0 Å². The van der Waals surface area contributed by atoms with E-state index in [9.17, 15) is 14.0 Å². The number of rotatable bonds is 4. The number of hydrogen-bond acceptors (Lipinski definition) is 3. The molecule has 0 unspecified atom stereocenters. The minimum atomic E-state index is -0.353. The molecule has 0 radical (unpaired) electrons. The minimum Gasteiger partial charge on any atom is -0.347 e. The molecule has 0 aliphatic carbocycles. The number of fused-ring (bicyclic) bond motifs is 4. The van der Waals surface area contributed by atoms with Crippen LogP contribution in [0.5, 0.6) is 0 Å². The highest BCUT2D eigenvalue weighted by atomic mass is 35.5. The predicted octanol–water partition coefficient (Wildman–Crippen LogP) is 1.99. The van der Waals surface area contributed by atoms with Gasteiger partial charge in [-0.2, -0.15) is 0 Å². The van der Waals surface area contributed by atoms with E-state index in [2.05, 4.69) is 4.90 Å². The zero-order chi connectivity index (χ0) is 18.1. The van der Waals surface area contributed by atoms with Gasteiger partial charge in [-0.05, 0) is 30.5 Å². The Hall–Kier alpha value is -1.66. The summed E-state index contributed by atoms with van der Waals surface area (Å²) in [5.41, 5.74) is 0.854. The number of halogens is 2. The normalized spacial score (nSPS) is 23.7. The van der Waals surface area contributed by atoms with Gasteiger partial charge in [-0.3, -0.25) is 14.5 Å². The first-order valence-electron chi connectivity index (χ1n) is 8.52. The summed E-state index contributed by atoms with van der Waals surface area (Å²) in [4.78, 5) is 30.2. The van der Waals surface area contributed by atoms with Crippen LogP contribution in [-0.2, 0) is 16.1 Å². The second-order valence-corrected chi connectivity index (χ2v) is 7.52. The van der Waals surface area contributed by atoms with Crippen LogP contribution in [0.4, 0.5) is 4.39 Å². The van der Waals surface area contributed by atoms with Crippen molar-refractivity contribution in [3.8, 4) is 0 Å². The molecule has 4 rings (SSSR count). The summed E-state index contributed by atoms with van der Waals surface area (Å²) in [6, 6.07) is 4.45. The van der Waals surface area contributed by atoms with Crippen LogP contribution >= 0.6 is 11.6 Å². The number of likely N-dealkylation sites (N-methyl/N-ethyl adjacent to an activating group) is 1. The van der Waals surface area contributed by atoms with Gasteiger partial charge in [-0.15, -0.1) is 0 Å². The summed E-state index contributed by atoms with van der Waals surface area (Å²) in [5.74, 6) is -0.436. The Morgan fingerprint density at radius 2 is 2.08 bits per heavy atom. The van der Waals surface area contributed by atoms with Crippen molar-refractivity contribution in [1.29, 1.82) is 0 Å². The first kappa shape index (κ1) is 18.1. The standard InChI is InChI=1S/C18H23ClFN3O2/c1-21(2)17(24)11-23-15-6-4-13(18(23)25)9-22(10-15)8-12-3-5-14(20)7-16(12)19/h3,5,7,13,15H,4,6,8-11H2,1-2H3/t13-,15+/m1/s1. The Morgan fingerprint density at radius 1 is 1.32 bits per heavy atom. The lowest BCUT2D eigenvalue weighted by Crippen LogP contribution is -2.51. The number of piperidine rings is 1. The number of carbonyl (C=O) groups excluding carboxylic acids is 2. The molecule has 3 aliphatic rings. The van der Waals surface area contributed by atoms with Crippen molar-refractivity contribution >= 4 is 23.4 Å². The Morgan fingerprint density at radius 3 is 2.76 bits per heavy atom. The zero-order valence-electron chi connectivity index (χ0n) is 14.5. The quantitative estimate of drug-likeness (QED) is 0.817. The summed E-state index contributed by atoms with van der Waals surface area (Å²) >= 11 is 6.14. The summed E-state index contributed by atoms with van der Waals surface area (Å²) < 4.78 is 13.2. The van der Waals surface area contributed by atoms with Crippen molar-refractivity contribution < 1.29 is 14.0 Å². The Balaban J connectivity index is 1.74. The molecule has 7 heteroatoms. The van der Waals surface area contributed by atoms with Gasteiger partial charge in [0.05, 0.1) is 5.92 Å². The van der Waals surface area contributed by atoms with E-state index in [4.69, 9.17) is 11.6 Å². The average molecular weight is 368 g/mol. The second kappa shape index (κ2) is 7.30. The molecule has 3 aliphatic heterocycles. The van der Waals surface area contributed by atoms with E-state index in [1.165, 1.54) is 17.0 Å². The number of amides is 2. The molecule has 1 aromatic rings. The third-order valence-corrected chi connectivity index (χ3v) is 5.43. The molecular formula is C18H23ClFN3O2. The second-order valence-electron chi connectivity index (χ2n) is 7.11. The van der Waals surface area contributed by atoms with Crippen LogP contribution in [0.2, 0.25) is 5.02 Å². The minimum absolute atomic E-state index is 0.0365. The maximum absolute atomic E-state index is 13.2. The topological polar surface area (TPSA) is 43.9 Å². The molecule has 0 N–H and O–H groups in total. The molecule has 3 heterocycles. The first-order chi connectivity index (χ1) is 11.8. The molecule has 3 fully saturated rings. The van der Waals surface area contributed by atoms with Crippen LogP contribution < -0.4 is 0 Å². The lowest BCUT2D eigenvalue weighted by molar-refractivity contribution is -0.145. The summed E-state index contributed by atoms with van der Waals surface area (Å²) in [7, 11) is 3.40. The average Bonchev–Trinajstić information content (AvgIpc) is 2.82. The summed E-state index contributed by atoms with van der Waals surface area (Å²) in [6.07, 6.45) is 1.76. The van der Waals surface area contributed by atoms with Crippen molar-refractivity contribution in [2.24, 2.45) is 5.92 Å². The third-order valence-electron chi connectivity index (χ3n) is 5.08. The molecule has 0 spiro atoms. The van der Waals surface area contributed by atoms with Crippen LogP contribution in [0.15, 0.2) is 18.2 Å². The molecular weight excluding hydrogens is 345 g/mol. The van der Waals surface area contributed by atoms with E-state index in [1.807, 2.05) is 0 Å². The van der Waals surface area contributed by atoms with Gasteiger partial charge in [-0.25, -0.2) is 4.39 Å². The van der Waals surface area contributed by atoms with Gasteiger partial charge in [-0.1, -0.05) is 17.7 Å². The SMILES string of the molecule is CN(C)C(=O)CN1C(=O)[C@@H]2CC[C@H]1CN(Cc1ccc(F)cc1Cl)C2. The van der Waals surface area contributed by atoms with Gasteiger partial charge in [0.15, 0.2) is 0 Å². The third kappa shape index (κ3) is 3.96. The molecule has 0 saturated carbocycles. The Labute approximate surface area is 152 Å². The van der Waals surface area contributed by atoms with Gasteiger partial charge in [0.2, 0.25) is 11.8 Å². The fourth-order valence-corrected chi connectivity index (χ4v) is 3.87. The molecule has 3 saturated heterocycles. The smallest absolute Gasteiger partial charge is 0.241 e. The van der Waals surface area contributed by atoms with E-state index >= 15 is 0 Å². The van der Waals surface area contributed by atoms with Crippen molar-refractivity contribution in [1.82, 2.24) is 14.7 Å². The lowest BCUT2D eigenvalue weighted by atomic mass is 9.94. The van der Waals surface area contributed by atoms with Crippen molar-refractivity contribution in [3.63, 3.8) is 0 Å². The van der Waals surface area contributed by atoms with Crippen molar-refractivity contribution in [2.75, 3.05) is 33.7 Å². The van der Waals surface area contributed by atoms with Gasteiger partial charge < -0.3 is 9.80 Å². The molecule has 0 aromatic heterocycles. The molecule has 2 amide bonds. The fraction of sp³-hybridized carbons (Fsp3) is 0.556. The maximum atomic E-state index is 13.2. The van der Waals surface area contributed by atoms with E-state index in [0.29, 0.717) is 24.7 Å². The highest BCUT2D eigenvalue weighted by Crippen LogP contribution is 2.30. The summed E-state index contributed by atoms with van der Waals surface area (Å²) in [6.45, 7) is 2.07. The largest absolute Gasteiger partial charge is 0.347 e. The molecule has 2 bridgehead atoms. The van der Waals surface area contributed by atoms with Gasteiger partial charge in [0.25, 0.3) is 0 Å². The number of carbonyl (C=O) groups is 2. The monoisotopic (exact) mass is 367 g/mol. The molecule has 1 aromatic carbocycles. The maximum Gasteiger partial charge on any atom is 0.241 e. The van der Waals surface area contributed by atoms with Crippen molar-refractivity contribution in [2.45, 2.75) is 25.4 Å². The number of benzene rings is 1. The van der Waals surface area contributed by atoms with E-state index in [-0.39, 0.29) is 36.1 Å². The summed E-state index contributed by atoms with van der Waals surface area (Å²) in [5, 5.41) is 0.405. The van der Waals surface area contributed by atoms with Gasteiger partial charge in [0.1, 0.15) is 12.4 Å². The number of hydrogen-bond donors (Lipinski definition) is 0. The van der Waals surface area contributed by atoms with Crippen LogP contribution in [0.3, 0.4) is 0 Å². The Bertz CT molecular complexity index is 682. The fourth-order valence-electron chi connectivity index (χ4n) is 3.64. The number of nitrogens with zero attached hydrogens (tertiary/aromatic N) is 3.